The first kappa shape index (κ1) is 18.8. The van der Waals surface area contributed by atoms with Crippen LogP contribution in [0.3, 0.4) is 0 Å². The second-order valence-corrected chi connectivity index (χ2v) is 8.99. The Labute approximate surface area is 182 Å². The van der Waals surface area contributed by atoms with Crippen LogP contribution >= 0.6 is 0 Å². The van der Waals surface area contributed by atoms with Crippen molar-refractivity contribution in [1.82, 2.24) is 25.1 Å². The van der Waals surface area contributed by atoms with E-state index >= 15 is 0 Å². The van der Waals surface area contributed by atoms with E-state index in [1.165, 1.54) is 36.8 Å². The van der Waals surface area contributed by atoms with Gasteiger partial charge in [0.15, 0.2) is 17.3 Å². The topological polar surface area (TPSA) is 65.3 Å². The molecule has 0 saturated heterocycles. The molecule has 1 aliphatic carbocycles. The van der Waals surface area contributed by atoms with Gasteiger partial charge in [-0.2, -0.15) is 4.68 Å². The average Bonchev–Trinajstić information content (AvgIpc) is 3.47. The third-order valence-corrected chi connectivity index (χ3v) is 7.23. The highest BCUT2D eigenvalue weighted by Crippen LogP contribution is 2.52. The fourth-order valence-electron chi connectivity index (χ4n) is 5.64. The van der Waals surface area contributed by atoms with Gasteiger partial charge in [0.05, 0.1) is 12.2 Å². The average molecular weight is 418 g/mol. The molecule has 3 aliphatic rings. The van der Waals surface area contributed by atoms with E-state index in [0.29, 0.717) is 19.8 Å². The maximum Gasteiger partial charge on any atom is 0.170 e. The molecule has 2 aromatic carbocycles. The maximum atomic E-state index is 5.94. The normalized spacial score (nSPS) is 21.9. The fourth-order valence-corrected chi connectivity index (χ4v) is 5.64. The van der Waals surface area contributed by atoms with Gasteiger partial charge in [0, 0.05) is 18.0 Å². The van der Waals surface area contributed by atoms with Crippen LogP contribution in [-0.2, 0) is 12.0 Å². The number of benzene rings is 2. The van der Waals surface area contributed by atoms with Crippen LogP contribution in [0.15, 0.2) is 42.5 Å². The summed E-state index contributed by atoms with van der Waals surface area (Å²) in [5.74, 6) is 2.65. The molecule has 7 nitrogen and oxygen atoms in total. The van der Waals surface area contributed by atoms with Crippen molar-refractivity contribution in [2.45, 2.75) is 50.6 Å². The number of hydrogen-bond donors (Lipinski definition) is 0. The number of nitrogens with zero attached hydrogens (tertiary/aromatic N) is 5. The molecule has 1 atom stereocenters. The zero-order valence-electron chi connectivity index (χ0n) is 17.8. The largest absolute Gasteiger partial charge is 0.486 e. The minimum absolute atomic E-state index is 0.169. The third kappa shape index (κ3) is 3.10. The Hall–Kier alpha value is -2.93. The molecule has 0 bridgehead atoms. The van der Waals surface area contributed by atoms with Crippen molar-refractivity contribution < 1.29 is 9.47 Å². The van der Waals surface area contributed by atoms with Crippen LogP contribution in [0.25, 0.3) is 5.69 Å². The molecule has 0 N–H and O–H groups in total. The lowest BCUT2D eigenvalue weighted by atomic mass is 9.71. The lowest BCUT2D eigenvalue weighted by molar-refractivity contribution is 0.121. The summed E-state index contributed by atoms with van der Waals surface area (Å²) in [4.78, 5) is 2.54. The molecular weight excluding hydrogens is 390 g/mol. The van der Waals surface area contributed by atoms with Crippen LogP contribution in [0.4, 0.5) is 0 Å². The maximum absolute atomic E-state index is 5.94. The smallest absolute Gasteiger partial charge is 0.170 e. The van der Waals surface area contributed by atoms with E-state index in [9.17, 15) is 0 Å². The molecule has 6 rings (SSSR count). The Morgan fingerprint density at radius 1 is 1.03 bits per heavy atom. The first-order valence-electron chi connectivity index (χ1n) is 11.2. The van der Waals surface area contributed by atoms with E-state index < -0.39 is 0 Å². The highest BCUT2D eigenvalue weighted by Gasteiger charge is 2.45. The standard InChI is InChI=1S/C24H27N5O2/c1-17-19-13-21-22(31-12-11-30-21)14-20(19)24(9-5-6-10-24)16-28(17)15-23-25-26-27-29(23)18-7-3-2-4-8-18/h2-4,7-8,13-14,17H,5-6,9-12,15-16H2,1H3. The van der Waals surface area contributed by atoms with Crippen LogP contribution in [0, 0.1) is 0 Å². The van der Waals surface area contributed by atoms with Crippen molar-refractivity contribution in [3.63, 3.8) is 0 Å². The summed E-state index contributed by atoms with van der Waals surface area (Å²) in [7, 11) is 0. The second kappa shape index (κ2) is 7.34. The first-order valence-corrected chi connectivity index (χ1v) is 11.2. The Balaban J connectivity index is 1.38. The molecular formula is C24H27N5O2. The van der Waals surface area contributed by atoms with Gasteiger partial charge in [0.2, 0.25) is 0 Å². The molecule has 7 heteroatoms. The van der Waals surface area contributed by atoms with Crippen LogP contribution in [0.1, 0.15) is 55.6 Å². The Bertz CT molecular complexity index is 1090. The van der Waals surface area contributed by atoms with Gasteiger partial charge in [-0.25, -0.2) is 0 Å². The Kier molecular flexibility index (Phi) is 4.45. The van der Waals surface area contributed by atoms with Crippen LogP contribution in [0.2, 0.25) is 0 Å². The van der Waals surface area contributed by atoms with Crippen molar-refractivity contribution in [2.75, 3.05) is 19.8 Å². The highest BCUT2D eigenvalue weighted by atomic mass is 16.6. The summed E-state index contributed by atoms with van der Waals surface area (Å²) in [5, 5.41) is 12.6. The quantitative estimate of drug-likeness (QED) is 0.646. The second-order valence-electron chi connectivity index (χ2n) is 8.99. The predicted octanol–water partition coefficient (Wildman–Crippen LogP) is 3.82. The predicted molar refractivity (Wildman–Crippen MR) is 116 cm³/mol. The van der Waals surface area contributed by atoms with Gasteiger partial charge in [-0.15, -0.1) is 5.10 Å². The zero-order valence-corrected chi connectivity index (χ0v) is 17.8. The summed E-state index contributed by atoms with van der Waals surface area (Å²) in [6, 6.07) is 14.9. The van der Waals surface area contributed by atoms with Crippen molar-refractivity contribution >= 4 is 0 Å². The molecule has 1 spiro atoms. The lowest BCUT2D eigenvalue weighted by Crippen LogP contribution is -2.46. The van der Waals surface area contributed by atoms with Gasteiger partial charge in [0.1, 0.15) is 13.2 Å². The minimum atomic E-state index is 0.169. The SMILES string of the molecule is CC1c2cc3c(cc2C2(CCCC2)CN1Cc1nnnn1-c1ccccc1)OCCO3. The molecule has 1 aromatic heterocycles. The van der Waals surface area contributed by atoms with Gasteiger partial charge in [0.25, 0.3) is 0 Å². The molecule has 0 radical (unpaired) electrons. The fraction of sp³-hybridized carbons (Fsp3) is 0.458. The number of fused-ring (bicyclic) bond motifs is 3. The summed E-state index contributed by atoms with van der Waals surface area (Å²) < 4.78 is 13.7. The van der Waals surface area contributed by atoms with E-state index in [0.717, 1.165) is 29.6 Å². The number of hydrogen-bond acceptors (Lipinski definition) is 6. The molecule has 0 amide bonds. The third-order valence-electron chi connectivity index (χ3n) is 7.23. The van der Waals surface area contributed by atoms with Crippen molar-refractivity contribution in [3.05, 3.63) is 59.4 Å². The first-order chi connectivity index (χ1) is 15.2. The summed E-state index contributed by atoms with van der Waals surface area (Å²) >= 11 is 0. The molecule has 2 aliphatic heterocycles. The van der Waals surface area contributed by atoms with Crippen LogP contribution in [-0.4, -0.2) is 44.9 Å². The van der Waals surface area contributed by atoms with Crippen molar-refractivity contribution in [2.24, 2.45) is 0 Å². The number of aromatic nitrogens is 4. The number of ether oxygens (including phenoxy) is 2. The molecule has 160 valence electrons. The Morgan fingerprint density at radius 3 is 2.55 bits per heavy atom. The number of para-hydroxylation sites is 1. The van der Waals surface area contributed by atoms with E-state index in [1.54, 1.807) is 0 Å². The van der Waals surface area contributed by atoms with E-state index in [2.05, 4.69) is 39.5 Å². The number of tetrazole rings is 1. The minimum Gasteiger partial charge on any atom is -0.486 e. The molecule has 3 heterocycles. The van der Waals surface area contributed by atoms with Crippen molar-refractivity contribution in [1.29, 1.82) is 0 Å². The van der Waals surface area contributed by atoms with Gasteiger partial charge in [-0.1, -0.05) is 31.0 Å². The monoisotopic (exact) mass is 417 g/mol. The molecule has 3 aromatic rings. The van der Waals surface area contributed by atoms with E-state index in [-0.39, 0.29) is 11.5 Å². The van der Waals surface area contributed by atoms with Crippen LogP contribution < -0.4 is 9.47 Å². The summed E-state index contributed by atoms with van der Waals surface area (Å²) in [6.45, 7) is 5.25. The Morgan fingerprint density at radius 2 is 1.77 bits per heavy atom. The molecule has 1 fully saturated rings. The van der Waals surface area contributed by atoms with Gasteiger partial charge < -0.3 is 9.47 Å². The van der Waals surface area contributed by atoms with Crippen LogP contribution in [0.5, 0.6) is 11.5 Å². The van der Waals surface area contributed by atoms with E-state index in [4.69, 9.17) is 9.47 Å². The number of rotatable bonds is 3. The molecule has 1 unspecified atom stereocenters. The van der Waals surface area contributed by atoms with Gasteiger partial charge in [-0.05, 0) is 65.6 Å². The van der Waals surface area contributed by atoms with Crippen molar-refractivity contribution in [3.8, 4) is 17.2 Å². The molecule has 31 heavy (non-hydrogen) atoms. The van der Waals surface area contributed by atoms with E-state index in [1.807, 2.05) is 35.0 Å². The molecule has 1 saturated carbocycles. The van der Waals surface area contributed by atoms with Gasteiger partial charge in [-0.3, -0.25) is 4.90 Å². The summed E-state index contributed by atoms with van der Waals surface area (Å²) in [5.41, 5.74) is 3.97. The lowest BCUT2D eigenvalue weighted by Gasteiger charge is -2.46. The van der Waals surface area contributed by atoms with Gasteiger partial charge >= 0.3 is 0 Å². The summed E-state index contributed by atoms with van der Waals surface area (Å²) in [6.07, 6.45) is 4.98. The zero-order chi connectivity index (χ0) is 20.8. The highest BCUT2D eigenvalue weighted by molar-refractivity contribution is 5.53.